The Labute approximate surface area is 96.7 Å². The first-order chi connectivity index (χ1) is 7.90. The molecule has 2 rings (SSSR count). The van der Waals surface area contributed by atoms with Crippen LogP contribution in [-0.4, -0.2) is 22.5 Å². The molecule has 84 valence electrons. The van der Waals surface area contributed by atoms with Crippen molar-refractivity contribution in [3.05, 3.63) is 30.1 Å². The Hall–Kier alpha value is -1.40. The highest BCUT2D eigenvalue weighted by Crippen LogP contribution is 2.21. The summed E-state index contributed by atoms with van der Waals surface area (Å²) in [5.41, 5.74) is 1.24. The zero-order valence-electron chi connectivity index (χ0n) is 9.47. The fourth-order valence-corrected chi connectivity index (χ4v) is 2.33. The van der Waals surface area contributed by atoms with Crippen LogP contribution in [0.2, 0.25) is 0 Å². The second-order valence-electron chi connectivity index (χ2n) is 4.34. The summed E-state index contributed by atoms with van der Waals surface area (Å²) < 4.78 is 0. The fourth-order valence-electron chi connectivity index (χ4n) is 2.33. The number of aromatic nitrogens is 1. The van der Waals surface area contributed by atoms with Gasteiger partial charge in [-0.2, -0.15) is 5.26 Å². The molecule has 1 fully saturated rings. The lowest BCUT2D eigenvalue weighted by molar-refractivity contribution is 0.142. The number of hydrogen-bond donors (Lipinski definition) is 0. The molecule has 0 radical (unpaired) electrons. The minimum atomic E-state index is 0.443. The molecule has 0 N–H and O–H groups in total. The molecule has 0 aromatic carbocycles. The topological polar surface area (TPSA) is 39.9 Å². The van der Waals surface area contributed by atoms with E-state index in [-0.39, 0.29) is 0 Å². The molecular formula is C13H17N3. The molecule has 3 heteroatoms. The molecule has 0 spiro atoms. The van der Waals surface area contributed by atoms with Crippen molar-refractivity contribution in [2.45, 2.75) is 38.3 Å². The van der Waals surface area contributed by atoms with Crippen LogP contribution in [0.15, 0.2) is 24.5 Å². The van der Waals surface area contributed by atoms with Crippen LogP contribution in [0.5, 0.6) is 0 Å². The Kier molecular flexibility index (Phi) is 3.90. The van der Waals surface area contributed by atoms with E-state index in [4.69, 9.17) is 5.26 Å². The number of rotatable bonds is 3. The average molecular weight is 215 g/mol. The highest BCUT2D eigenvalue weighted by atomic mass is 15.2. The average Bonchev–Trinajstić information content (AvgIpc) is 2.33. The van der Waals surface area contributed by atoms with Crippen molar-refractivity contribution in [2.75, 3.05) is 6.54 Å². The van der Waals surface area contributed by atoms with E-state index in [1.165, 1.54) is 18.4 Å². The van der Waals surface area contributed by atoms with Crippen LogP contribution in [0.4, 0.5) is 0 Å². The first-order valence-corrected chi connectivity index (χ1v) is 5.90. The van der Waals surface area contributed by atoms with Gasteiger partial charge in [-0.1, -0.05) is 12.5 Å². The smallest absolute Gasteiger partial charge is 0.0638 e. The van der Waals surface area contributed by atoms with Crippen molar-refractivity contribution >= 4 is 0 Å². The first-order valence-electron chi connectivity index (χ1n) is 5.90. The minimum Gasteiger partial charge on any atom is -0.295 e. The molecule has 1 aliphatic rings. The maximum absolute atomic E-state index is 8.81. The second kappa shape index (κ2) is 5.62. The fraction of sp³-hybridized carbons (Fsp3) is 0.538. The van der Waals surface area contributed by atoms with E-state index in [1.54, 1.807) is 6.20 Å². The highest BCUT2D eigenvalue weighted by Gasteiger charge is 2.21. The molecule has 0 aliphatic carbocycles. The quantitative estimate of drug-likeness (QED) is 0.777. The monoisotopic (exact) mass is 215 g/mol. The molecule has 1 aromatic rings. The predicted molar refractivity (Wildman–Crippen MR) is 62.5 cm³/mol. The summed E-state index contributed by atoms with van der Waals surface area (Å²) in [6.45, 7) is 2.04. The molecule has 0 saturated carbocycles. The van der Waals surface area contributed by atoms with Crippen LogP contribution in [-0.2, 0) is 6.54 Å². The van der Waals surface area contributed by atoms with Gasteiger partial charge in [0.1, 0.15) is 0 Å². The van der Waals surface area contributed by atoms with Crippen molar-refractivity contribution in [3.8, 4) is 6.07 Å². The SMILES string of the molecule is N#CCC1CCCCN1Cc1cccnc1. The van der Waals surface area contributed by atoms with E-state index < -0.39 is 0 Å². The van der Waals surface area contributed by atoms with Gasteiger partial charge in [0, 0.05) is 25.0 Å². The molecule has 0 amide bonds. The molecule has 1 saturated heterocycles. The summed E-state index contributed by atoms with van der Waals surface area (Å²) in [4.78, 5) is 6.55. The minimum absolute atomic E-state index is 0.443. The summed E-state index contributed by atoms with van der Waals surface area (Å²) in [7, 11) is 0. The standard InChI is InChI=1S/C13H17N3/c14-7-6-13-5-1-2-9-16(13)11-12-4-3-8-15-10-12/h3-4,8,10,13H,1-2,5-6,9,11H2. The Balaban J connectivity index is 1.99. The van der Waals surface area contributed by atoms with Crippen molar-refractivity contribution in [3.63, 3.8) is 0 Å². The van der Waals surface area contributed by atoms with Crippen LogP contribution in [0.25, 0.3) is 0 Å². The summed E-state index contributed by atoms with van der Waals surface area (Å²) in [5.74, 6) is 0. The molecule has 3 nitrogen and oxygen atoms in total. The lowest BCUT2D eigenvalue weighted by Gasteiger charge is -2.34. The Morgan fingerprint density at radius 1 is 1.50 bits per heavy atom. The number of piperidine rings is 1. The zero-order valence-corrected chi connectivity index (χ0v) is 9.47. The number of nitriles is 1. The van der Waals surface area contributed by atoms with Crippen molar-refractivity contribution in [1.29, 1.82) is 5.26 Å². The van der Waals surface area contributed by atoms with Gasteiger partial charge in [-0.05, 0) is 31.0 Å². The molecule has 1 aliphatic heterocycles. The van der Waals surface area contributed by atoms with Crippen LogP contribution in [0.1, 0.15) is 31.2 Å². The third kappa shape index (κ3) is 2.80. The number of hydrogen-bond acceptors (Lipinski definition) is 3. The van der Waals surface area contributed by atoms with E-state index >= 15 is 0 Å². The molecule has 1 aromatic heterocycles. The van der Waals surface area contributed by atoms with Crippen molar-refractivity contribution in [1.82, 2.24) is 9.88 Å². The molecule has 1 atom stereocenters. The van der Waals surface area contributed by atoms with Gasteiger partial charge in [0.05, 0.1) is 12.5 Å². The van der Waals surface area contributed by atoms with Crippen molar-refractivity contribution < 1.29 is 0 Å². The van der Waals surface area contributed by atoms with Crippen molar-refractivity contribution in [2.24, 2.45) is 0 Å². The molecular weight excluding hydrogens is 198 g/mol. The summed E-state index contributed by atoms with van der Waals surface area (Å²) in [6, 6.07) is 6.81. The van der Waals surface area contributed by atoms with Gasteiger partial charge < -0.3 is 0 Å². The molecule has 2 heterocycles. The third-order valence-corrected chi connectivity index (χ3v) is 3.18. The number of likely N-dealkylation sites (tertiary alicyclic amines) is 1. The molecule has 0 bridgehead atoms. The van der Waals surface area contributed by atoms with Gasteiger partial charge in [0.15, 0.2) is 0 Å². The van der Waals surface area contributed by atoms with E-state index in [2.05, 4.69) is 22.0 Å². The van der Waals surface area contributed by atoms with Gasteiger partial charge in [-0.15, -0.1) is 0 Å². The van der Waals surface area contributed by atoms with Crippen LogP contribution < -0.4 is 0 Å². The van der Waals surface area contributed by atoms with E-state index in [1.807, 2.05) is 12.3 Å². The van der Waals surface area contributed by atoms with Crippen LogP contribution in [0, 0.1) is 11.3 Å². The van der Waals surface area contributed by atoms with Gasteiger partial charge in [-0.25, -0.2) is 0 Å². The lowest BCUT2D eigenvalue weighted by Crippen LogP contribution is -2.38. The maximum Gasteiger partial charge on any atom is 0.0638 e. The largest absolute Gasteiger partial charge is 0.295 e. The number of pyridine rings is 1. The predicted octanol–water partition coefficient (Wildman–Crippen LogP) is 2.35. The summed E-state index contributed by atoms with van der Waals surface area (Å²) in [6.07, 6.45) is 8.04. The maximum atomic E-state index is 8.81. The van der Waals surface area contributed by atoms with E-state index in [0.717, 1.165) is 19.5 Å². The third-order valence-electron chi connectivity index (χ3n) is 3.18. The Morgan fingerprint density at radius 2 is 2.44 bits per heavy atom. The van der Waals surface area contributed by atoms with Crippen LogP contribution >= 0.6 is 0 Å². The van der Waals surface area contributed by atoms with Gasteiger partial charge in [0.25, 0.3) is 0 Å². The normalized spacial score (nSPS) is 21.6. The Morgan fingerprint density at radius 3 is 3.19 bits per heavy atom. The summed E-state index contributed by atoms with van der Waals surface area (Å²) >= 11 is 0. The number of nitrogens with zero attached hydrogens (tertiary/aromatic N) is 3. The van der Waals surface area contributed by atoms with Crippen LogP contribution in [0.3, 0.4) is 0 Å². The molecule has 1 unspecified atom stereocenters. The van der Waals surface area contributed by atoms with Gasteiger partial charge >= 0.3 is 0 Å². The van der Waals surface area contributed by atoms with Gasteiger partial charge in [0.2, 0.25) is 0 Å². The lowest BCUT2D eigenvalue weighted by atomic mass is 9.99. The van der Waals surface area contributed by atoms with E-state index in [0.29, 0.717) is 12.5 Å². The van der Waals surface area contributed by atoms with E-state index in [9.17, 15) is 0 Å². The highest BCUT2D eigenvalue weighted by molar-refractivity contribution is 5.08. The molecule has 16 heavy (non-hydrogen) atoms. The van der Waals surface area contributed by atoms with Gasteiger partial charge in [-0.3, -0.25) is 9.88 Å². The zero-order chi connectivity index (χ0) is 11.2. The second-order valence-corrected chi connectivity index (χ2v) is 4.34. The summed E-state index contributed by atoms with van der Waals surface area (Å²) in [5, 5.41) is 8.81. The Bertz CT molecular complexity index is 355. The first kappa shape index (κ1) is 11.1.